The number of rotatable bonds is 7. The highest BCUT2D eigenvalue weighted by Gasteiger charge is 2.32. The van der Waals surface area contributed by atoms with E-state index >= 15 is 0 Å². The number of likely N-dealkylation sites (tertiary alicyclic amines) is 1. The minimum Gasteiger partial charge on any atom is -0.492 e. The zero-order valence-electron chi connectivity index (χ0n) is 16.3. The van der Waals surface area contributed by atoms with Crippen LogP contribution in [0, 0.1) is 0 Å². The van der Waals surface area contributed by atoms with E-state index in [1.54, 1.807) is 29.2 Å². The number of carbonyl (C=O) groups excluding carboxylic acids is 2. The second kappa shape index (κ2) is 9.65. The SMILES string of the molecule is O=C(NCCOc1cccc(C(F)(F)F)c1)C(c1ccccc1)N1CCCCC1=O. The van der Waals surface area contributed by atoms with Gasteiger partial charge in [0.15, 0.2) is 0 Å². The second-order valence-corrected chi connectivity index (χ2v) is 7.02. The van der Waals surface area contributed by atoms with Gasteiger partial charge in [0.2, 0.25) is 11.8 Å². The smallest absolute Gasteiger partial charge is 0.416 e. The largest absolute Gasteiger partial charge is 0.492 e. The highest BCUT2D eigenvalue weighted by Crippen LogP contribution is 2.31. The third-order valence-electron chi connectivity index (χ3n) is 4.87. The Morgan fingerprint density at radius 2 is 1.87 bits per heavy atom. The van der Waals surface area contributed by atoms with Gasteiger partial charge in [-0.2, -0.15) is 13.2 Å². The number of alkyl halides is 3. The zero-order chi connectivity index (χ0) is 21.6. The normalized spacial score (nSPS) is 15.6. The minimum absolute atomic E-state index is 0.00249. The van der Waals surface area contributed by atoms with Crippen molar-refractivity contribution < 1.29 is 27.5 Å². The molecule has 1 saturated heterocycles. The molecule has 1 atom stereocenters. The first-order chi connectivity index (χ1) is 14.4. The van der Waals surface area contributed by atoms with Crippen molar-refractivity contribution in [3.05, 3.63) is 65.7 Å². The van der Waals surface area contributed by atoms with E-state index in [2.05, 4.69) is 5.32 Å². The van der Waals surface area contributed by atoms with Crippen LogP contribution >= 0.6 is 0 Å². The van der Waals surface area contributed by atoms with E-state index in [9.17, 15) is 22.8 Å². The summed E-state index contributed by atoms with van der Waals surface area (Å²) in [7, 11) is 0. The van der Waals surface area contributed by atoms with Crippen LogP contribution in [-0.4, -0.2) is 36.4 Å². The van der Waals surface area contributed by atoms with Crippen LogP contribution in [0.15, 0.2) is 54.6 Å². The highest BCUT2D eigenvalue weighted by atomic mass is 19.4. The molecule has 2 aromatic rings. The molecule has 0 radical (unpaired) electrons. The Hall–Kier alpha value is -3.03. The molecule has 1 unspecified atom stereocenters. The van der Waals surface area contributed by atoms with Crippen molar-refractivity contribution >= 4 is 11.8 Å². The Bertz CT molecular complexity index is 871. The molecule has 1 N–H and O–H groups in total. The van der Waals surface area contributed by atoms with Crippen molar-refractivity contribution in [2.75, 3.05) is 19.7 Å². The number of hydrogen-bond acceptors (Lipinski definition) is 3. The fourth-order valence-corrected chi connectivity index (χ4v) is 3.41. The number of benzene rings is 2. The van der Waals surface area contributed by atoms with Gasteiger partial charge in [0, 0.05) is 13.0 Å². The third kappa shape index (κ3) is 5.52. The Kier molecular flexibility index (Phi) is 6.97. The second-order valence-electron chi connectivity index (χ2n) is 7.02. The molecule has 1 heterocycles. The van der Waals surface area contributed by atoms with Gasteiger partial charge in [0.05, 0.1) is 12.1 Å². The van der Waals surface area contributed by atoms with Crippen LogP contribution < -0.4 is 10.1 Å². The van der Waals surface area contributed by atoms with Gasteiger partial charge >= 0.3 is 6.18 Å². The molecule has 2 amide bonds. The summed E-state index contributed by atoms with van der Waals surface area (Å²) in [6, 6.07) is 12.9. The summed E-state index contributed by atoms with van der Waals surface area (Å²) in [4.78, 5) is 26.8. The summed E-state index contributed by atoms with van der Waals surface area (Å²) < 4.78 is 43.7. The summed E-state index contributed by atoms with van der Waals surface area (Å²) >= 11 is 0. The number of ether oxygens (including phenoxy) is 1. The fraction of sp³-hybridized carbons (Fsp3) is 0.364. The monoisotopic (exact) mass is 420 g/mol. The Morgan fingerprint density at radius 3 is 2.57 bits per heavy atom. The summed E-state index contributed by atoms with van der Waals surface area (Å²) in [5.74, 6) is -0.334. The molecular weight excluding hydrogens is 397 g/mol. The molecule has 1 aliphatic rings. The predicted octanol–water partition coefficient (Wildman–Crippen LogP) is 3.95. The van der Waals surface area contributed by atoms with Crippen LogP contribution in [0.4, 0.5) is 13.2 Å². The van der Waals surface area contributed by atoms with Crippen molar-refractivity contribution in [1.82, 2.24) is 10.2 Å². The molecule has 8 heteroatoms. The average Bonchev–Trinajstić information content (AvgIpc) is 2.73. The average molecular weight is 420 g/mol. The minimum atomic E-state index is -4.45. The van der Waals surface area contributed by atoms with Gasteiger partial charge in [-0.25, -0.2) is 0 Å². The maximum Gasteiger partial charge on any atom is 0.416 e. The number of piperidine rings is 1. The number of halogens is 3. The van der Waals surface area contributed by atoms with Gasteiger partial charge in [0.1, 0.15) is 18.4 Å². The lowest BCUT2D eigenvalue weighted by molar-refractivity contribution is -0.142. The molecule has 0 saturated carbocycles. The first kappa shape index (κ1) is 21.7. The van der Waals surface area contributed by atoms with Gasteiger partial charge in [0.25, 0.3) is 0 Å². The number of amides is 2. The van der Waals surface area contributed by atoms with Crippen LogP contribution in [0.3, 0.4) is 0 Å². The Labute approximate surface area is 172 Å². The first-order valence-corrected chi connectivity index (χ1v) is 9.78. The molecule has 0 spiro atoms. The maximum atomic E-state index is 12.9. The van der Waals surface area contributed by atoms with E-state index < -0.39 is 17.8 Å². The maximum absolute atomic E-state index is 12.9. The number of nitrogens with zero attached hydrogens (tertiary/aromatic N) is 1. The molecule has 3 rings (SSSR count). The highest BCUT2D eigenvalue weighted by molar-refractivity contribution is 5.89. The lowest BCUT2D eigenvalue weighted by atomic mass is 10.0. The van der Waals surface area contributed by atoms with E-state index in [-0.39, 0.29) is 30.7 Å². The molecule has 1 aliphatic heterocycles. The summed E-state index contributed by atoms with van der Waals surface area (Å²) in [5.41, 5.74) is -0.0826. The first-order valence-electron chi connectivity index (χ1n) is 9.78. The van der Waals surface area contributed by atoms with E-state index in [0.29, 0.717) is 18.5 Å². The summed E-state index contributed by atoms with van der Waals surface area (Å²) in [6.45, 7) is 0.607. The van der Waals surface area contributed by atoms with E-state index in [1.165, 1.54) is 12.1 Å². The molecular formula is C22H23F3N2O3. The zero-order valence-corrected chi connectivity index (χ0v) is 16.3. The number of nitrogens with one attached hydrogen (secondary N) is 1. The van der Waals surface area contributed by atoms with Crippen molar-refractivity contribution in [2.24, 2.45) is 0 Å². The third-order valence-corrected chi connectivity index (χ3v) is 4.87. The molecule has 0 aliphatic carbocycles. The van der Waals surface area contributed by atoms with Gasteiger partial charge < -0.3 is 15.0 Å². The fourth-order valence-electron chi connectivity index (χ4n) is 3.41. The topological polar surface area (TPSA) is 58.6 Å². The van der Waals surface area contributed by atoms with E-state index in [1.807, 2.05) is 6.07 Å². The van der Waals surface area contributed by atoms with Crippen LogP contribution in [0.1, 0.15) is 36.4 Å². The van der Waals surface area contributed by atoms with Crippen LogP contribution in [0.25, 0.3) is 0 Å². The van der Waals surface area contributed by atoms with Crippen LogP contribution in [-0.2, 0) is 15.8 Å². The summed E-state index contributed by atoms with van der Waals surface area (Å²) in [5, 5.41) is 2.73. The van der Waals surface area contributed by atoms with Crippen molar-refractivity contribution in [3.8, 4) is 5.75 Å². The van der Waals surface area contributed by atoms with Gasteiger partial charge in [-0.3, -0.25) is 9.59 Å². The summed E-state index contributed by atoms with van der Waals surface area (Å²) in [6.07, 6.45) is -2.39. The number of carbonyl (C=O) groups is 2. The molecule has 30 heavy (non-hydrogen) atoms. The van der Waals surface area contributed by atoms with E-state index in [0.717, 1.165) is 25.0 Å². The molecule has 0 aromatic heterocycles. The van der Waals surface area contributed by atoms with Crippen molar-refractivity contribution in [3.63, 3.8) is 0 Å². The molecule has 1 fully saturated rings. The van der Waals surface area contributed by atoms with Gasteiger partial charge in [-0.15, -0.1) is 0 Å². The molecule has 2 aromatic carbocycles. The van der Waals surface area contributed by atoms with Crippen LogP contribution in [0.5, 0.6) is 5.75 Å². The van der Waals surface area contributed by atoms with Gasteiger partial charge in [-0.1, -0.05) is 36.4 Å². The molecule has 0 bridgehead atoms. The standard InChI is InChI=1S/C22H23F3N2O3/c23-22(24,25)17-9-6-10-18(15-17)30-14-12-26-21(29)20(16-7-2-1-3-8-16)27-13-5-4-11-19(27)28/h1-3,6-10,15,20H,4-5,11-14H2,(H,26,29). The number of hydrogen-bond donors (Lipinski definition) is 1. The predicted molar refractivity (Wildman–Crippen MR) is 105 cm³/mol. The lowest BCUT2D eigenvalue weighted by Crippen LogP contribution is -2.46. The molecule has 5 nitrogen and oxygen atoms in total. The van der Waals surface area contributed by atoms with Crippen LogP contribution in [0.2, 0.25) is 0 Å². The Morgan fingerprint density at radius 1 is 1.10 bits per heavy atom. The van der Waals surface area contributed by atoms with Crippen molar-refractivity contribution in [1.29, 1.82) is 0 Å². The van der Waals surface area contributed by atoms with E-state index in [4.69, 9.17) is 4.74 Å². The quantitative estimate of drug-likeness (QED) is 0.690. The Balaban J connectivity index is 1.60. The lowest BCUT2D eigenvalue weighted by Gasteiger charge is -2.34. The van der Waals surface area contributed by atoms with Crippen molar-refractivity contribution in [2.45, 2.75) is 31.5 Å². The van der Waals surface area contributed by atoms with Gasteiger partial charge in [-0.05, 0) is 36.6 Å². The molecule has 160 valence electrons.